The number of amides is 1. The monoisotopic (exact) mass is 279 g/mol. The first kappa shape index (κ1) is 12.9. The smallest absolute Gasteiger partial charge is 0.252 e. The largest absolute Gasteiger partial charge is 0.454 e. The first-order valence-electron chi connectivity index (χ1n) is 6.36. The standard InChI is InChI=1S/C16H13N3O2/c17-12-6-1-4-11(16(18)20)15(12)21-14-8-2-7-13-10(14)5-3-9-19-13/h1-9H,17H2,(H2,18,20). The van der Waals surface area contributed by atoms with Crippen LogP contribution >= 0.6 is 0 Å². The Labute approximate surface area is 121 Å². The van der Waals surface area contributed by atoms with Crippen LogP contribution in [-0.2, 0) is 0 Å². The number of ether oxygens (including phenoxy) is 1. The number of hydrogen-bond donors (Lipinski definition) is 2. The minimum absolute atomic E-state index is 0.246. The highest BCUT2D eigenvalue weighted by atomic mass is 16.5. The number of nitrogens with two attached hydrogens (primary N) is 2. The maximum absolute atomic E-state index is 11.5. The van der Waals surface area contributed by atoms with Crippen molar-refractivity contribution in [2.75, 3.05) is 5.73 Å². The van der Waals surface area contributed by atoms with Gasteiger partial charge in [0.1, 0.15) is 5.75 Å². The quantitative estimate of drug-likeness (QED) is 0.721. The van der Waals surface area contributed by atoms with E-state index in [1.54, 1.807) is 30.5 Å². The lowest BCUT2D eigenvalue weighted by atomic mass is 10.1. The van der Waals surface area contributed by atoms with Crippen molar-refractivity contribution < 1.29 is 9.53 Å². The van der Waals surface area contributed by atoms with Crippen LogP contribution in [0.3, 0.4) is 0 Å². The fraction of sp³-hybridized carbons (Fsp3) is 0. The Morgan fingerprint density at radius 1 is 1.05 bits per heavy atom. The van der Waals surface area contributed by atoms with Crippen LogP contribution in [0.25, 0.3) is 10.9 Å². The van der Waals surface area contributed by atoms with Gasteiger partial charge < -0.3 is 16.2 Å². The number of para-hydroxylation sites is 1. The molecule has 0 radical (unpaired) electrons. The molecule has 104 valence electrons. The third kappa shape index (κ3) is 2.36. The van der Waals surface area contributed by atoms with Crippen LogP contribution in [0, 0.1) is 0 Å². The van der Waals surface area contributed by atoms with Crippen LogP contribution in [0.5, 0.6) is 11.5 Å². The zero-order valence-electron chi connectivity index (χ0n) is 11.1. The number of nitrogens with zero attached hydrogens (tertiary/aromatic N) is 1. The molecule has 0 unspecified atom stereocenters. The number of carbonyl (C=O) groups is 1. The Hall–Kier alpha value is -3.08. The summed E-state index contributed by atoms with van der Waals surface area (Å²) in [6.07, 6.45) is 1.71. The summed E-state index contributed by atoms with van der Waals surface area (Å²) in [6, 6.07) is 14.1. The molecule has 0 saturated carbocycles. The second-order valence-electron chi connectivity index (χ2n) is 4.52. The molecule has 1 amide bonds. The van der Waals surface area contributed by atoms with E-state index in [2.05, 4.69) is 4.98 Å². The molecule has 0 aliphatic rings. The molecule has 0 aliphatic heterocycles. The predicted octanol–water partition coefficient (Wildman–Crippen LogP) is 2.71. The molecule has 0 fully saturated rings. The number of primary amides is 1. The summed E-state index contributed by atoms with van der Waals surface area (Å²) in [6.45, 7) is 0. The number of carbonyl (C=O) groups excluding carboxylic acids is 1. The van der Waals surface area contributed by atoms with Gasteiger partial charge in [0, 0.05) is 11.6 Å². The molecule has 0 atom stereocenters. The van der Waals surface area contributed by atoms with Crippen LogP contribution in [-0.4, -0.2) is 10.9 Å². The van der Waals surface area contributed by atoms with Gasteiger partial charge in [-0.15, -0.1) is 0 Å². The second kappa shape index (κ2) is 5.13. The normalized spacial score (nSPS) is 10.5. The highest BCUT2D eigenvalue weighted by Gasteiger charge is 2.14. The molecule has 4 N–H and O–H groups in total. The Kier molecular flexibility index (Phi) is 3.16. The molecule has 0 saturated heterocycles. The maximum Gasteiger partial charge on any atom is 0.252 e. The van der Waals surface area contributed by atoms with Crippen LogP contribution in [0.1, 0.15) is 10.4 Å². The van der Waals surface area contributed by atoms with Crippen molar-refractivity contribution in [1.29, 1.82) is 0 Å². The fourth-order valence-electron chi connectivity index (χ4n) is 2.14. The Bertz CT molecular complexity index is 825. The van der Waals surface area contributed by atoms with E-state index in [1.165, 1.54) is 0 Å². The zero-order valence-corrected chi connectivity index (χ0v) is 11.1. The van der Waals surface area contributed by atoms with E-state index >= 15 is 0 Å². The van der Waals surface area contributed by atoms with Crippen LogP contribution < -0.4 is 16.2 Å². The lowest BCUT2D eigenvalue weighted by molar-refractivity contribution is 0.0998. The molecule has 3 aromatic rings. The van der Waals surface area contributed by atoms with Gasteiger partial charge in [-0.3, -0.25) is 9.78 Å². The van der Waals surface area contributed by atoms with Crippen molar-refractivity contribution in [2.45, 2.75) is 0 Å². The van der Waals surface area contributed by atoms with Gasteiger partial charge in [-0.2, -0.15) is 0 Å². The topological polar surface area (TPSA) is 91.2 Å². The van der Waals surface area contributed by atoms with Crippen LogP contribution in [0.4, 0.5) is 5.69 Å². The number of rotatable bonds is 3. The van der Waals surface area contributed by atoms with Crippen LogP contribution in [0.2, 0.25) is 0 Å². The maximum atomic E-state index is 11.5. The van der Waals surface area contributed by atoms with Crippen molar-refractivity contribution in [2.24, 2.45) is 5.73 Å². The second-order valence-corrected chi connectivity index (χ2v) is 4.52. The molecule has 0 aliphatic carbocycles. The SMILES string of the molecule is NC(=O)c1cccc(N)c1Oc1cccc2ncccc12. The lowest BCUT2D eigenvalue weighted by Crippen LogP contribution is -2.13. The van der Waals surface area contributed by atoms with E-state index in [0.717, 1.165) is 10.9 Å². The average molecular weight is 279 g/mol. The van der Waals surface area contributed by atoms with Crippen molar-refractivity contribution in [3.63, 3.8) is 0 Å². The van der Waals surface area contributed by atoms with Crippen LogP contribution in [0.15, 0.2) is 54.7 Å². The fourth-order valence-corrected chi connectivity index (χ4v) is 2.14. The van der Waals surface area contributed by atoms with E-state index < -0.39 is 5.91 Å². The molecular weight excluding hydrogens is 266 g/mol. The number of nitrogen functional groups attached to an aromatic ring is 1. The molecule has 2 aromatic carbocycles. The van der Waals surface area contributed by atoms with E-state index in [4.69, 9.17) is 16.2 Å². The lowest BCUT2D eigenvalue weighted by Gasteiger charge is -2.13. The minimum Gasteiger partial charge on any atom is -0.454 e. The van der Waals surface area contributed by atoms with Gasteiger partial charge in [-0.25, -0.2) is 0 Å². The Morgan fingerprint density at radius 2 is 1.86 bits per heavy atom. The van der Waals surface area contributed by atoms with Gasteiger partial charge >= 0.3 is 0 Å². The molecule has 0 bridgehead atoms. The summed E-state index contributed by atoms with van der Waals surface area (Å²) in [5.74, 6) is 0.248. The molecule has 1 heterocycles. The first-order chi connectivity index (χ1) is 10.2. The average Bonchev–Trinajstić information content (AvgIpc) is 2.49. The molecule has 5 heteroatoms. The molecular formula is C16H13N3O2. The number of hydrogen-bond acceptors (Lipinski definition) is 4. The molecule has 0 spiro atoms. The summed E-state index contributed by atoms with van der Waals surface area (Å²) >= 11 is 0. The minimum atomic E-state index is -0.587. The van der Waals surface area contributed by atoms with E-state index in [1.807, 2.05) is 24.3 Å². The van der Waals surface area contributed by atoms with Gasteiger partial charge in [0.15, 0.2) is 5.75 Å². The van der Waals surface area contributed by atoms with Crippen molar-refractivity contribution in [3.8, 4) is 11.5 Å². The number of aromatic nitrogens is 1. The molecule has 1 aromatic heterocycles. The molecule has 3 rings (SSSR count). The summed E-state index contributed by atoms with van der Waals surface area (Å²) < 4.78 is 5.85. The van der Waals surface area contributed by atoms with Crippen molar-refractivity contribution >= 4 is 22.5 Å². The van der Waals surface area contributed by atoms with E-state index in [-0.39, 0.29) is 11.3 Å². The number of fused-ring (bicyclic) bond motifs is 1. The third-order valence-corrected chi connectivity index (χ3v) is 3.13. The van der Waals surface area contributed by atoms with Crippen molar-refractivity contribution in [1.82, 2.24) is 4.98 Å². The van der Waals surface area contributed by atoms with Gasteiger partial charge in [0.25, 0.3) is 5.91 Å². The first-order valence-corrected chi connectivity index (χ1v) is 6.36. The van der Waals surface area contributed by atoms with E-state index in [9.17, 15) is 4.79 Å². The Balaban J connectivity index is 2.13. The summed E-state index contributed by atoms with van der Waals surface area (Å²) in [5.41, 5.74) is 12.7. The third-order valence-electron chi connectivity index (χ3n) is 3.13. The predicted molar refractivity (Wildman–Crippen MR) is 81.2 cm³/mol. The number of anilines is 1. The molecule has 5 nitrogen and oxygen atoms in total. The summed E-state index contributed by atoms with van der Waals surface area (Å²) in [7, 11) is 0. The number of benzene rings is 2. The van der Waals surface area contributed by atoms with Crippen molar-refractivity contribution in [3.05, 3.63) is 60.3 Å². The number of pyridine rings is 1. The highest BCUT2D eigenvalue weighted by molar-refractivity contribution is 5.98. The van der Waals surface area contributed by atoms with Gasteiger partial charge in [-0.05, 0) is 36.4 Å². The summed E-state index contributed by atoms with van der Waals surface area (Å²) in [4.78, 5) is 15.8. The van der Waals surface area contributed by atoms with Gasteiger partial charge in [-0.1, -0.05) is 12.1 Å². The Morgan fingerprint density at radius 3 is 2.67 bits per heavy atom. The zero-order chi connectivity index (χ0) is 14.8. The highest BCUT2D eigenvalue weighted by Crippen LogP contribution is 2.34. The van der Waals surface area contributed by atoms with Gasteiger partial charge in [0.05, 0.1) is 16.8 Å². The summed E-state index contributed by atoms with van der Waals surface area (Å²) in [5, 5.41) is 0.832. The molecule has 21 heavy (non-hydrogen) atoms. The van der Waals surface area contributed by atoms with E-state index in [0.29, 0.717) is 11.4 Å². The van der Waals surface area contributed by atoms with Gasteiger partial charge in [0.2, 0.25) is 0 Å².